The number of rotatable bonds is 3. The van der Waals surface area contributed by atoms with Crippen LogP contribution in [0.15, 0.2) is 24.3 Å². The predicted molar refractivity (Wildman–Crippen MR) is 97.9 cm³/mol. The third kappa shape index (κ3) is 3.64. The smallest absolute Gasteiger partial charge is 0.453 e. The Balaban J connectivity index is 1.57. The number of nitrogens with zero attached hydrogens (tertiary/aromatic N) is 6. The number of fused-ring (bicyclic) bond motifs is 1. The number of methoxy groups -OCH3 is 1. The molecule has 1 fully saturated rings. The highest BCUT2D eigenvalue weighted by atomic mass is 19.4. The minimum absolute atomic E-state index is 0.0908. The number of hydrogen-bond donors (Lipinski definition) is 0. The Morgan fingerprint density at radius 2 is 1.69 bits per heavy atom. The van der Waals surface area contributed by atoms with E-state index >= 15 is 0 Å². The quantitative estimate of drug-likeness (QED) is 0.619. The maximum atomic E-state index is 14.0. The van der Waals surface area contributed by atoms with E-state index in [1.165, 1.54) is 13.2 Å². The maximum Gasteiger partial charge on any atom is 0.453 e. The van der Waals surface area contributed by atoms with E-state index in [4.69, 9.17) is 4.74 Å². The first-order chi connectivity index (χ1) is 13.8. The number of aryl methyl sites for hydroxylation is 1. The molecule has 2 aromatic heterocycles. The highest BCUT2D eigenvalue weighted by Gasteiger charge is 2.37. The van der Waals surface area contributed by atoms with Gasteiger partial charge in [-0.2, -0.15) is 22.7 Å². The minimum Gasteiger partial charge on any atom is -0.494 e. The minimum atomic E-state index is -4.64. The van der Waals surface area contributed by atoms with Crippen LogP contribution in [-0.4, -0.2) is 52.9 Å². The molecular weight excluding hydrogens is 392 g/mol. The highest BCUT2D eigenvalue weighted by molar-refractivity contribution is 5.53. The Morgan fingerprint density at radius 1 is 1.00 bits per heavy atom. The Kier molecular flexibility index (Phi) is 4.67. The monoisotopic (exact) mass is 410 g/mol. The van der Waals surface area contributed by atoms with Gasteiger partial charge in [-0.05, 0) is 19.1 Å². The van der Waals surface area contributed by atoms with Gasteiger partial charge in [-0.1, -0.05) is 0 Å². The molecule has 3 heterocycles. The molecule has 0 saturated carbocycles. The SMILES string of the molecule is COc1ccc(N2CCN(c3cc(C)nc4nc(C(F)(F)F)nn34)CC2)cc1F. The van der Waals surface area contributed by atoms with Gasteiger partial charge in [-0.25, -0.2) is 9.37 Å². The Bertz CT molecular complexity index is 1040. The molecule has 0 atom stereocenters. The van der Waals surface area contributed by atoms with Crippen molar-refractivity contribution in [3.63, 3.8) is 0 Å². The van der Waals surface area contributed by atoms with Crippen LogP contribution >= 0.6 is 0 Å². The maximum absolute atomic E-state index is 14.0. The van der Waals surface area contributed by atoms with E-state index in [-0.39, 0.29) is 11.5 Å². The first-order valence-electron chi connectivity index (χ1n) is 8.91. The average molecular weight is 410 g/mol. The van der Waals surface area contributed by atoms with Gasteiger partial charge in [0.2, 0.25) is 0 Å². The second-order valence-electron chi connectivity index (χ2n) is 6.69. The largest absolute Gasteiger partial charge is 0.494 e. The van der Waals surface area contributed by atoms with Crippen molar-refractivity contribution in [2.75, 3.05) is 43.1 Å². The van der Waals surface area contributed by atoms with Gasteiger partial charge in [0.25, 0.3) is 11.6 Å². The lowest BCUT2D eigenvalue weighted by Crippen LogP contribution is -2.47. The van der Waals surface area contributed by atoms with Crippen molar-refractivity contribution < 1.29 is 22.3 Å². The molecule has 1 aromatic carbocycles. The molecule has 11 heteroatoms. The van der Waals surface area contributed by atoms with Crippen molar-refractivity contribution in [1.29, 1.82) is 0 Å². The van der Waals surface area contributed by atoms with Gasteiger partial charge in [-0.3, -0.25) is 0 Å². The number of halogens is 4. The first-order valence-corrected chi connectivity index (χ1v) is 8.91. The molecule has 0 aliphatic carbocycles. The van der Waals surface area contributed by atoms with Gasteiger partial charge in [0.05, 0.1) is 7.11 Å². The number of aromatic nitrogens is 4. The van der Waals surface area contributed by atoms with Crippen molar-refractivity contribution in [1.82, 2.24) is 19.6 Å². The lowest BCUT2D eigenvalue weighted by Gasteiger charge is -2.37. The number of ether oxygens (including phenoxy) is 1. The third-order valence-electron chi connectivity index (χ3n) is 4.78. The topological polar surface area (TPSA) is 58.8 Å². The molecule has 4 rings (SSSR count). The molecule has 0 amide bonds. The van der Waals surface area contributed by atoms with Gasteiger partial charge in [0, 0.05) is 49.7 Å². The molecule has 29 heavy (non-hydrogen) atoms. The van der Waals surface area contributed by atoms with Crippen molar-refractivity contribution in [3.05, 3.63) is 41.6 Å². The van der Waals surface area contributed by atoms with Crippen LogP contribution in [0.1, 0.15) is 11.5 Å². The van der Waals surface area contributed by atoms with Gasteiger partial charge in [0.1, 0.15) is 5.82 Å². The van der Waals surface area contributed by atoms with Crippen LogP contribution in [0, 0.1) is 12.7 Å². The van der Waals surface area contributed by atoms with Crippen molar-refractivity contribution >= 4 is 17.3 Å². The second-order valence-corrected chi connectivity index (χ2v) is 6.69. The van der Waals surface area contributed by atoms with Crippen molar-refractivity contribution in [3.8, 4) is 5.75 Å². The zero-order valence-electron chi connectivity index (χ0n) is 15.7. The van der Waals surface area contributed by atoms with Crippen LogP contribution in [0.25, 0.3) is 5.78 Å². The van der Waals surface area contributed by atoms with Gasteiger partial charge < -0.3 is 14.5 Å². The van der Waals surface area contributed by atoms with Crippen LogP contribution in [-0.2, 0) is 6.18 Å². The lowest BCUT2D eigenvalue weighted by atomic mass is 10.2. The van der Waals surface area contributed by atoms with E-state index in [0.717, 1.165) is 10.2 Å². The molecule has 1 aliphatic heterocycles. The Morgan fingerprint density at radius 3 is 2.31 bits per heavy atom. The van der Waals surface area contributed by atoms with Gasteiger partial charge in [0.15, 0.2) is 11.6 Å². The van der Waals surface area contributed by atoms with Crippen LogP contribution in [0.4, 0.5) is 29.1 Å². The van der Waals surface area contributed by atoms with Gasteiger partial charge >= 0.3 is 6.18 Å². The van der Waals surface area contributed by atoms with Crippen molar-refractivity contribution in [2.24, 2.45) is 0 Å². The lowest BCUT2D eigenvalue weighted by molar-refractivity contribution is -0.144. The summed E-state index contributed by atoms with van der Waals surface area (Å²) in [6.07, 6.45) is -4.64. The third-order valence-corrected chi connectivity index (χ3v) is 4.78. The van der Waals surface area contributed by atoms with Crippen LogP contribution in [0.3, 0.4) is 0 Å². The molecule has 154 valence electrons. The summed E-state index contributed by atoms with van der Waals surface area (Å²) in [6.45, 7) is 3.87. The summed E-state index contributed by atoms with van der Waals surface area (Å²) in [7, 11) is 1.41. The predicted octanol–water partition coefficient (Wildman–Crippen LogP) is 2.93. The summed E-state index contributed by atoms with van der Waals surface area (Å²) >= 11 is 0. The molecule has 3 aromatic rings. The molecule has 1 saturated heterocycles. The summed E-state index contributed by atoms with van der Waals surface area (Å²) in [5.41, 5.74) is 1.27. The summed E-state index contributed by atoms with van der Waals surface area (Å²) < 4.78 is 59.0. The Hall–Kier alpha value is -3.11. The second kappa shape index (κ2) is 7.05. The summed E-state index contributed by atoms with van der Waals surface area (Å²) in [5.74, 6) is -1.08. The molecule has 7 nitrogen and oxygen atoms in total. The summed E-state index contributed by atoms with van der Waals surface area (Å²) in [4.78, 5) is 11.5. The van der Waals surface area contributed by atoms with E-state index in [1.54, 1.807) is 25.1 Å². The molecule has 0 radical (unpaired) electrons. The zero-order chi connectivity index (χ0) is 20.8. The number of benzene rings is 1. The summed E-state index contributed by atoms with van der Waals surface area (Å²) in [5, 5.41) is 3.61. The standard InChI is InChI=1S/C18H18F4N6O/c1-11-9-15(28-17(23-11)24-16(25-28)18(20,21)22)27-7-5-26(6-8-27)12-3-4-14(29-2)13(19)10-12/h3-4,9-10H,5-8H2,1-2H3. The van der Waals surface area contributed by atoms with E-state index in [2.05, 4.69) is 15.1 Å². The summed E-state index contributed by atoms with van der Waals surface area (Å²) in [6, 6.07) is 6.45. The zero-order valence-corrected chi connectivity index (χ0v) is 15.7. The van der Waals surface area contributed by atoms with Crippen molar-refractivity contribution in [2.45, 2.75) is 13.1 Å². The fourth-order valence-electron chi connectivity index (χ4n) is 3.36. The molecule has 0 N–H and O–H groups in total. The van der Waals surface area contributed by atoms with E-state index in [9.17, 15) is 17.6 Å². The number of anilines is 2. The highest BCUT2D eigenvalue weighted by Crippen LogP contribution is 2.29. The van der Waals surface area contributed by atoms with Crippen LogP contribution in [0.5, 0.6) is 5.75 Å². The molecule has 0 unspecified atom stereocenters. The average Bonchev–Trinajstić information content (AvgIpc) is 3.12. The number of piperazine rings is 1. The van der Waals surface area contributed by atoms with E-state index < -0.39 is 17.8 Å². The van der Waals surface area contributed by atoms with Crippen LogP contribution in [0.2, 0.25) is 0 Å². The number of hydrogen-bond acceptors (Lipinski definition) is 6. The fraction of sp³-hybridized carbons (Fsp3) is 0.389. The molecule has 0 spiro atoms. The first kappa shape index (κ1) is 19.2. The molecular formula is C18H18F4N6O. The molecule has 1 aliphatic rings. The van der Waals surface area contributed by atoms with Crippen LogP contribution < -0.4 is 14.5 Å². The fourth-order valence-corrected chi connectivity index (χ4v) is 3.36. The number of alkyl halides is 3. The Labute approximate surface area is 163 Å². The normalized spacial score (nSPS) is 15.2. The van der Waals surface area contributed by atoms with E-state index in [0.29, 0.717) is 37.7 Å². The van der Waals surface area contributed by atoms with Gasteiger partial charge in [-0.15, -0.1) is 5.10 Å². The molecule has 0 bridgehead atoms. The van der Waals surface area contributed by atoms with E-state index in [1.807, 2.05) is 9.80 Å².